The monoisotopic (exact) mass is 460 g/mol. The Morgan fingerprint density at radius 1 is 1.24 bits per heavy atom. The van der Waals surface area contributed by atoms with Gasteiger partial charge in [0.25, 0.3) is 0 Å². The Balaban J connectivity index is 0.00000187. The maximum atomic E-state index is 12.5. The number of phenolic OH excluding ortho intramolecular Hbond substituents is 1. The lowest BCUT2D eigenvalue weighted by Gasteiger charge is -2.40. The minimum atomic E-state index is -0.390. The number of likely N-dealkylation sites (tertiary alicyclic amines) is 1. The molecule has 0 spiro atoms. The van der Waals surface area contributed by atoms with Crippen LogP contribution >= 0.6 is 0 Å². The Morgan fingerprint density at radius 3 is 2.48 bits per heavy atom. The number of allylic oxidation sites excluding steroid dienone is 2. The topological polar surface area (TPSA) is 105 Å². The fourth-order valence-electron chi connectivity index (χ4n) is 4.39. The molecule has 0 bridgehead atoms. The number of hydrogen-bond acceptors (Lipinski definition) is 6. The summed E-state index contributed by atoms with van der Waals surface area (Å²) in [6.45, 7) is 10.9. The van der Waals surface area contributed by atoms with Gasteiger partial charge in [0.2, 0.25) is 0 Å². The molecular weight excluding hydrogens is 420 g/mol. The number of carbonyl (C=O) groups is 1. The van der Waals surface area contributed by atoms with Gasteiger partial charge >= 0.3 is 6.09 Å². The average molecular weight is 461 g/mol. The van der Waals surface area contributed by atoms with Crippen LogP contribution in [0.1, 0.15) is 69.8 Å². The summed E-state index contributed by atoms with van der Waals surface area (Å²) >= 11 is 0. The van der Waals surface area contributed by atoms with E-state index in [1.807, 2.05) is 32.9 Å². The largest absolute Gasteiger partial charge is 0.512 e. The summed E-state index contributed by atoms with van der Waals surface area (Å²) in [6.07, 6.45) is 5.07. The van der Waals surface area contributed by atoms with Crippen molar-refractivity contribution in [2.75, 3.05) is 19.6 Å². The number of aryl methyl sites for hydroxylation is 1. The predicted molar refractivity (Wildman–Crippen MR) is 130 cm³/mol. The van der Waals surface area contributed by atoms with Crippen molar-refractivity contribution in [1.82, 2.24) is 4.90 Å². The molecule has 2 atom stereocenters. The van der Waals surface area contributed by atoms with Crippen LogP contribution in [-0.4, -0.2) is 46.9 Å². The van der Waals surface area contributed by atoms with Crippen molar-refractivity contribution in [3.63, 3.8) is 0 Å². The second-order valence-electron chi connectivity index (χ2n) is 8.31. The highest BCUT2D eigenvalue weighted by molar-refractivity contribution is 5.69. The van der Waals surface area contributed by atoms with Crippen LogP contribution in [0.2, 0.25) is 0 Å². The second-order valence-corrected chi connectivity index (χ2v) is 8.31. The quantitative estimate of drug-likeness (QED) is 0.517. The first-order chi connectivity index (χ1) is 15.9. The third-order valence-electron chi connectivity index (χ3n) is 6.38. The van der Waals surface area contributed by atoms with Crippen molar-refractivity contribution in [3.8, 4) is 5.75 Å². The number of aromatic hydroxyl groups is 1. The van der Waals surface area contributed by atoms with Gasteiger partial charge in [0, 0.05) is 31.6 Å². The molecule has 3 rings (SSSR count). The molecule has 7 heteroatoms. The Kier molecular flexibility index (Phi) is 10.3. The van der Waals surface area contributed by atoms with Gasteiger partial charge in [-0.3, -0.25) is 0 Å². The summed E-state index contributed by atoms with van der Waals surface area (Å²) in [6, 6.07) is 3.90. The van der Waals surface area contributed by atoms with E-state index in [1.165, 1.54) is 0 Å². The molecule has 0 aromatic heterocycles. The minimum Gasteiger partial charge on any atom is -0.512 e. The molecule has 1 aromatic rings. The van der Waals surface area contributed by atoms with Crippen molar-refractivity contribution in [1.29, 1.82) is 0 Å². The summed E-state index contributed by atoms with van der Waals surface area (Å²) in [7, 11) is 0. The molecule has 1 aromatic carbocycles. The van der Waals surface area contributed by atoms with Crippen molar-refractivity contribution < 1.29 is 24.5 Å². The van der Waals surface area contributed by atoms with Gasteiger partial charge in [-0.1, -0.05) is 26.0 Å². The minimum absolute atomic E-state index is 0.0374. The first-order valence-corrected chi connectivity index (χ1v) is 12.0. The number of ether oxygens (including phenoxy) is 2. The van der Waals surface area contributed by atoms with Gasteiger partial charge in [-0.25, -0.2) is 4.79 Å². The fourth-order valence-corrected chi connectivity index (χ4v) is 4.39. The number of fused-ring (bicyclic) bond motifs is 1. The van der Waals surface area contributed by atoms with E-state index in [9.17, 15) is 15.0 Å². The van der Waals surface area contributed by atoms with Crippen LogP contribution in [0.15, 0.2) is 35.8 Å². The summed E-state index contributed by atoms with van der Waals surface area (Å²) in [5, 5.41) is 20.3. The summed E-state index contributed by atoms with van der Waals surface area (Å²) < 4.78 is 11.8. The molecule has 7 nitrogen and oxygen atoms in total. The first kappa shape index (κ1) is 26.7. The zero-order chi connectivity index (χ0) is 24.5. The van der Waals surface area contributed by atoms with Crippen LogP contribution < -0.4 is 5.73 Å². The number of phenols is 1. The van der Waals surface area contributed by atoms with E-state index >= 15 is 0 Å². The third-order valence-corrected chi connectivity index (χ3v) is 6.38. The summed E-state index contributed by atoms with van der Waals surface area (Å²) in [4.78, 5) is 14.2. The lowest BCUT2D eigenvalue weighted by atomic mass is 9.83. The van der Waals surface area contributed by atoms with E-state index < -0.39 is 6.09 Å². The van der Waals surface area contributed by atoms with Crippen molar-refractivity contribution in [3.05, 3.63) is 52.5 Å². The zero-order valence-corrected chi connectivity index (χ0v) is 20.6. The molecule has 1 fully saturated rings. The molecule has 4 N–H and O–H groups in total. The highest BCUT2D eigenvalue weighted by Crippen LogP contribution is 2.40. The third kappa shape index (κ3) is 6.51. The van der Waals surface area contributed by atoms with Crippen LogP contribution in [-0.2, 0) is 15.9 Å². The van der Waals surface area contributed by atoms with E-state index in [-0.39, 0.29) is 30.3 Å². The predicted octanol–water partition coefficient (Wildman–Crippen LogP) is 5.27. The number of benzene rings is 1. The van der Waals surface area contributed by atoms with E-state index in [2.05, 4.69) is 0 Å². The Hall–Kier alpha value is -2.51. The molecule has 0 radical (unpaired) electrons. The molecule has 2 heterocycles. The van der Waals surface area contributed by atoms with E-state index in [4.69, 9.17) is 15.2 Å². The number of rotatable bonds is 5. The van der Waals surface area contributed by atoms with Gasteiger partial charge in [0.15, 0.2) is 0 Å². The molecular formula is C26H40N2O5. The molecule has 2 aliphatic heterocycles. The number of nitrogens with two attached hydrogens (primary N) is 1. The molecule has 184 valence electrons. The maximum Gasteiger partial charge on any atom is 0.414 e. The van der Waals surface area contributed by atoms with Crippen LogP contribution in [0, 0.1) is 12.8 Å². The molecule has 2 unspecified atom stereocenters. The number of aliphatic hydroxyl groups excluding tert-OH is 1. The van der Waals surface area contributed by atoms with Gasteiger partial charge in [0.1, 0.15) is 11.5 Å². The molecule has 1 saturated heterocycles. The first-order valence-electron chi connectivity index (χ1n) is 12.0. The SMILES string of the molecule is C/C=C(/O)C/C(=C\C)OC(=O)N1CCC(C2Cc3c(ccc(C)c3O)C(CN)O2)CC1.CC. The lowest BCUT2D eigenvalue weighted by molar-refractivity contribution is -0.0636. The van der Waals surface area contributed by atoms with Gasteiger partial charge < -0.3 is 30.3 Å². The second kappa shape index (κ2) is 12.7. The van der Waals surface area contributed by atoms with Crippen LogP contribution in [0.3, 0.4) is 0 Å². The number of carbonyl (C=O) groups excluding carboxylic acids is 1. The normalized spacial score (nSPS) is 21.7. The standard InChI is InChI=1S/C24H34N2O5.C2H6/c1-4-17(27)12-18(5-2)30-24(29)26-10-8-16(9-11-26)21-13-20-19(22(14-25)31-21)7-6-15(3)23(20)28;1-2/h4-7,16,21-22,27-28H,8-14,25H2,1-3H3;1-2H3/b17-4+,18-5+;. The molecule has 33 heavy (non-hydrogen) atoms. The Morgan fingerprint density at radius 2 is 1.91 bits per heavy atom. The van der Waals surface area contributed by atoms with E-state index in [0.717, 1.165) is 29.5 Å². The van der Waals surface area contributed by atoms with Crippen molar-refractivity contribution in [2.45, 2.75) is 72.5 Å². The van der Waals surface area contributed by atoms with Gasteiger partial charge in [-0.05, 0) is 62.8 Å². The van der Waals surface area contributed by atoms with E-state index in [0.29, 0.717) is 37.6 Å². The van der Waals surface area contributed by atoms with Crippen LogP contribution in [0.4, 0.5) is 4.79 Å². The number of aliphatic hydroxyl groups is 1. The van der Waals surface area contributed by atoms with Gasteiger partial charge in [0.05, 0.1) is 24.4 Å². The number of nitrogens with zero attached hydrogens (tertiary/aromatic N) is 1. The number of piperidine rings is 1. The highest BCUT2D eigenvalue weighted by Gasteiger charge is 2.36. The Bertz CT molecular complexity index is 856. The average Bonchev–Trinajstić information content (AvgIpc) is 2.86. The van der Waals surface area contributed by atoms with Crippen LogP contribution in [0.25, 0.3) is 0 Å². The Labute approximate surface area is 197 Å². The molecule has 0 aliphatic carbocycles. The van der Waals surface area contributed by atoms with Gasteiger partial charge in [-0.2, -0.15) is 0 Å². The molecule has 0 saturated carbocycles. The fraction of sp³-hybridized carbons (Fsp3) is 0.577. The highest BCUT2D eigenvalue weighted by atomic mass is 16.6. The van der Waals surface area contributed by atoms with E-state index in [1.54, 1.807) is 30.9 Å². The number of amides is 1. The molecule has 2 aliphatic rings. The summed E-state index contributed by atoms with van der Waals surface area (Å²) in [5.41, 5.74) is 8.74. The summed E-state index contributed by atoms with van der Waals surface area (Å²) in [5.74, 6) is 1.22. The van der Waals surface area contributed by atoms with Crippen LogP contribution in [0.5, 0.6) is 5.75 Å². The maximum absolute atomic E-state index is 12.5. The smallest absolute Gasteiger partial charge is 0.414 e. The van der Waals surface area contributed by atoms with Crippen molar-refractivity contribution in [2.24, 2.45) is 11.7 Å². The number of hydrogen-bond donors (Lipinski definition) is 3. The van der Waals surface area contributed by atoms with Crippen molar-refractivity contribution >= 4 is 6.09 Å². The zero-order valence-electron chi connectivity index (χ0n) is 20.6. The molecule has 1 amide bonds. The van der Waals surface area contributed by atoms with Gasteiger partial charge in [-0.15, -0.1) is 0 Å². The lowest BCUT2D eigenvalue weighted by Crippen LogP contribution is -2.44.